The van der Waals surface area contributed by atoms with Gasteiger partial charge in [0.25, 0.3) is 0 Å². The number of allylic oxidation sites excluding steroid dienone is 3. The van der Waals surface area contributed by atoms with E-state index < -0.39 is 0 Å². The van der Waals surface area contributed by atoms with Crippen molar-refractivity contribution in [1.82, 2.24) is 0 Å². The van der Waals surface area contributed by atoms with Crippen LogP contribution in [0.3, 0.4) is 0 Å². The Bertz CT molecular complexity index is 311. The van der Waals surface area contributed by atoms with Crippen molar-refractivity contribution in [2.75, 3.05) is 0 Å². The van der Waals surface area contributed by atoms with E-state index in [4.69, 9.17) is 0 Å². The third-order valence-electron chi connectivity index (χ3n) is 1.56. The molecule has 0 N–H and O–H groups in total. The Labute approximate surface area is 72.0 Å². The van der Waals surface area contributed by atoms with Crippen molar-refractivity contribution in [1.29, 1.82) is 0 Å². The van der Waals surface area contributed by atoms with Crippen LogP contribution in [-0.4, -0.2) is 0 Å². The molecule has 0 fully saturated rings. The summed E-state index contributed by atoms with van der Waals surface area (Å²) in [5, 5.41) is 0. The first kappa shape index (κ1) is 8.72. The molecule has 0 aliphatic heterocycles. The minimum Gasteiger partial charge on any atom is -0.207 e. The second-order valence-electron chi connectivity index (χ2n) is 2.54. The molecule has 0 heterocycles. The molecule has 0 bridgehead atoms. The van der Waals surface area contributed by atoms with Crippen molar-refractivity contribution in [2.24, 2.45) is 0 Å². The van der Waals surface area contributed by atoms with E-state index in [0.717, 1.165) is 11.1 Å². The average molecular weight is 162 g/mol. The molecule has 0 aromatic heterocycles. The van der Waals surface area contributed by atoms with Crippen molar-refractivity contribution in [3.63, 3.8) is 0 Å². The van der Waals surface area contributed by atoms with Gasteiger partial charge in [-0.1, -0.05) is 30.9 Å². The van der Waals surface area contributed by atoms with Crippen LogP contribution in [0.4, 0.5) is 4.39 Å². The smallest absolute Gasteiger partial charge is 0.123 e. The molecule has 0 unspecified atom stereocenters. The van der Waals surface area contributed by atoms with Crippen LogP contribution < -0.4 is 0 Å². The Morgan fingerprint density at radius 3 is 2.83 bits per heavy atom. The molecule has 1 heteroatoms. The monoisotopic (exact) mass is 162 g/mol. The lowest BCUT2D eigenvalue weighted by Gasteiger charge is -1.98. The fraction of sp³-hybridized carbons (Fsp3) is 0.0909. The van der Waals surface area contributed by atoms with Gasteiger partial charge in [0.2, 0.25) is 0 Å². The van der Waals surface area contributed by atoms with Gasteiger partial charge < -0.3 is 0 Å². The molecule has 0 amide bonds. The van der Waals surface area contributed by atoms with E-state index >= 15 is 0 Å². The zero-order valence-corrected chi connectivity index (χ0v) is 7.05. The maximum Gasteiger partial charge on any atom is 0.123 e. The van der Waals surface area contributed by atoms with Crippen LogP contribution in [0.25, 0.3) is 5.57 Å². The van der Waals surface area contributed by atoms with E-state index in [-0.39, 0.29) is 5.82 Å². The minimum absolute atomic E-state index is 0.224. The number of hydrogen-bond acceptors (Lipinski definition) is 0. The molecule has 0 spiro atoms. The number of rotatable bonds is 2. The van der Waals surface area contributed by atoms with Gasteiger partial charge in [-0.2, -0.15) is 0 Å². The highest BCUT2D eigenvalue weighted by molar-refractivity contribution is 5.71. The van der Waals surface area contributed by atoms with Gasteiger partial charge in [0.1, 0.15) is 5.82 Å². The van der Waals surface area contributed by atoms with Gasteiger partial charge in [-0.05, 0) is 30.2 Å². The normalized spacial score (nSPS) is 10.5. The highest BCUT2D eigenvalue weighted by Crippen LogP contribution is 2.14. The summed E-state index contributed by atoms with van der Waals surface area (Å²) in [6, 6.07) is 6.42. The van der Waals surface area contributed by atoms with Crippen LogP contribution in [-0.2, 0) is 0 Å². The van der Waals surface area contributed by atoms with E-state index in [0.29, 0.717) is 0 Å². The maximum atomic E-state index is 12.7. The first-order valence-corrected chi connectivity index (χ1v) is 3.81. The molecule has 1 rings (SSSR count). The van der Waals surface area contributed by atoms with Gasteiger partial charge in [0.15, 0.2) is 0 Å². The van der Waals surface area contributed by atoms with Crippen LogP contribution in [0.1, 0.15) is 12.5 Å². The van der Waals surface area contributed by atoms with Gasteiger partial charge in [-0.15, -0.1) is 0 Å². The van der Waals surface area contributed by atoms with E-state index in [1.54, 1.807) is 6.07 Å². The molecule has 0 saturated heterocycles. The lowest BCUT2D eigenvalue weighted by atomic mass is 10.1. The summed E-state index contributed by atoms with van der Waals surface area (Å²) in [6.45, 7) is 5.71. The van der Waals surface area contributed by atoms with Gasteiger partial charge in [-0.3, -0.25) is 0 Å². The number of benzene rings is 1. The van der Waals surface area contributed by atoms with E-state index in [1.165, 1.54) is 12.1 Å². The SMILES string of the molecule is C=C(/C=C\C)c1cccc(F)c1. The maximum absolute atomic E-state index is 12.7. The molecule has 62 valence electrons. The van der Waals surface area contributed by atoms with Gasteiger partial charge >= 0.3 is 0 Å². The second kappa shape index (κ2) is 3.86. The van der Waals surface area contributed by atoms with Crippen molar-refractivity contribution >= 4 is 5.57 Å². The Morgan fingerprint density at radius 2 is 2.25 bits per heavy atom. The van der Waals surface area contributed by atoms with E-state index in [9.17, 15) is 4.39 Å². The fourth-order valence-electron chi connectivity index (χ4n) is 0.986. The molecular weight excluding hydrogens is 151 g/mol. The average Bonchev–Trinajstić information content (AvgIpc) is 2.05. The van der Waals surface area contributed by atoms with Crippen molar-refractivity contribution in [3.05, 3.63) is 54.4 Å². The lowest BCUT2D eigenvalue weighted by molar-refractivity contribution is 0.627. The Kier molecular flexibility index (Phi) is 2.81. The zero-order valence-electron chi connectivity index (χ0n) is 7.05. The largest absolute Gasteiger partial charge is 0.207 e. The third-order valence-corrected chi connectivity index (χ3v) is 1.56. The van der Waals surface area contributed by atoms with Crippen LogP contribution in [0, 0.1) is 5.82 Å². The first-order chi connectivity index (χ1) is 5.74. The highest BCUT2D eigenvalue weighted by Gasteiger charge is 1.95. The standard InChI is InChI=1S/C11H11F/c1-3-5-9(2)10-6-4-7-11(12)8-10/h3-8H,2H2,1H3/b5-3-. The Morgan fingerprint density at radius 1 is 1.50 bits per heavy atom. The van der Waals surface area contributed by atoms with Gasteiger partial charge in [0, 0.05) is 0 Å². The summed E-state index contributed by atoms with van der Waals surface area (Å²) in [6.07, 6.45) is 3.74. The predicted molar refractivity (Wildman–Crippen MR) is 50.2 cm³/mol. The van der Waals surface area contributed by atoms with Crippen molar-refractivity contribution in [2.45, 2.75) is 6.92 Å². The number of hydrogen-bond donors (Lipinski definition) is 0. The molecule has 1 aromatic rings. The molecule has 12 heavy (non-hydrogen) atoms. The molecule has 0 radical (unpaired) electrons. The lowest BCUT2D eigenvalue weighted by Crippen LogP contribution is -1.80. The summed E-state index contributed by atoms with van der Waals surface area (Å²) in [5.41, 5.74) is 1.66. The van der Waals surface area contributed by atoms with E-state index in [2.05, 4.69) is 6.58 Å². The highest BCUT2D eigenvalue weighted by atomic mass is 19.1. The van der Waals surface area contributed by atoms with Crippen molar-refractivity contribution in [3.8, 4) is 0 Å². The minimum atomic E-state index is -0.224. The summed E-state index contributed by atoms with van der Waals surface area (Å²) in [4.78, 5) is 0. The van der Waals surface area contributed by atoms with Crippen LogP contribution in [0.5, 0.6) is 0 Å². The number of halogens is 1. The third kappa shape index (κ3) is 2.06. The molecule has 0 aliphatic rings. The molecular formula is C11H11F. The topological polar surface area (TPSA) is 0 Å². The predicted octanol–water partition coefficient (Wildman–Crippen LogP) is 3.42. The molecule has 0 nitrogen and oxygen atoms in total. The summed E-state index contributed by atoms with van der Waals surface area (Å²) < 4.78 is 12.7. The van der Waals surface area contributed by atoms with Crippen molar-refractivity contribution < 1.29 is 4.39 Å². The van der Waals surface area contributed by atoms with E-state index in [1.807, 2.05) is 25.1 Å². The zero-order chi connectivity index (χ0) is 8.97. The first-order valence-electron chi connectivity index (χ1n) is 3.81. The summed E-state index contributed by atoms with van der Waals surface area (Å²) >= 11 is 0. The molecule has 0 saturated carbocycles. The van der Waals surface area contributed by atoms with Crippen LogP contribution in [0.2, 0.25) is 0 Å². The second-order valence-corrected chi connectivity index (χ2v) is 2.54. The molecule has 1 aromatic carbocycles. The summed E-state index contributed by atoms with van der Waals surface area (Å²) in [5.74, 6) is -0.224. The fourth-order valence-corrected chi connectivity index (χ4v) is 0.986. The van der Waals surface area contributed by atoms with Crippen LogP contribution >= 0.6 is 0 Å². The quantitative estimate of drug-likeness (QED) is 0.584. The van der Waals surface area contributed by atoms with Gasteiger partial charge in [-0.25, -0.2) is 4.39 Å². The summed E-state index contributed by atoms with van der Waals surface area (Å²) in [7, 11) is 0. The Balaban J connectivity index is 2.96. The Hall–Kier alpha value is -1.37. The molecule has 0 aliphatic carbocycles. The van der Waals surface area contributed by atoms with Gasteiger partial charge in [0.05, 0.1) is 0 Å². The molecule has 0 atom stereocenters. The van der Waals surface area contributed by atoms with Crippen LogP contribution in [0.15, 0.2) is 43.0 Å².